The molecule has 0 saturated heterocycles. The molecule has 2 aromatic rings. The highest BCUT2D eigenvalue weighted by Crippen LogP contribution is 2.31. The second kappa shape index (κ2) is 8.35. The number of thiophene rings is 1. The summed E-state index contributed by atoms with van der Waals surface area (Å²) in [5, 5.41) is 9.50. The summed E-state index contributed by atoms with van der Waals surface area (Å²) in [5.74, 6) is 1.65. The van der Waals surface area contributed by atoms with Crippen molar-refractivity contribution in [2.24, 2.45) is 5.92 Å². The number of carbonyl (C=O) groups is 1. The van der Waals surface area contributed by atoms with Crippen LogP contribution < -0.4 is 5.32 Å². The van der Waals surface area contributed by atoms with Crippen LogP contribution in [0, 0.1) is 5.92 Å². The van der Waals surface area contributed by atoms with Crippen LogP contribution in [0.3, 0.4) is 0 Å². The Hall–Kier alpha value is -1.66. The van der Waals surface area contributed by atoms with Crippen LogP contribution in [0.15, 0.2) is 29.8 Å². The quantitative estimate of drug-likeness (QED) is 0.763. The number of nitrogens with zero attached hydrogens (tertiary/aromatic N) is 3. The maximum atomic E-state index is 12.7. The fourth-order valence-electron chi connectivity index (χ4n) is 3.97. The Kier molecular flexibility index (Phi) is 5.70. The molecule has 2 aliphatic carbocycles. The van der Waals surface area contributed by atoms with E-state index in [2.05, 4.69) is 26.8 Å². The van der Waals surface area contributed by atoms with E-state index in [1.807, 2.05) is 16.8 Å². The third-order valence-electron chi connectivity index (χ3n) is 5.50. The lowest BCUT2D eigenvalue weighted by Crippen LogP contribution is -2.39. The first kappa shape index (κ1) is 17.7. The van der Waals surface area contributed by atoms with Gasteiger partial charge in [0.25, 0.3) is 0 Å². The van der Waals surface area contributed by atoms with Crippen molar-refractivity contribution in [1.29, 1.82) is 0 Å². The molecule has 0 aliphatic heterocycles. The molecular weight excluding hydrogens is 344 g/mol. The van der Waals surface area contributed by atoms with Gasteiger partial charge >= 0.3 is 0 Å². The standard InChI is InChI=1S/C20H28N4OS/c25-20(15-23(17-8-9-17)13-16-5-2-1-3-6-16)22-19-10-11-21-24(19)14-18-7-4-12-26-18/h4,7,10-12,16-17H,1-3,5-6,8-9,13-15H2,(H,22,25). The van der Waals surface area contributed by atoms with E-state index in [0.29, 0.717) is 19.1 Å². The molecule has 140 valence electrons. The molecule has 0 atom stereocenters. The van der Waals surface area contributed by atoms with E-state index in [9.17, 15) is 4.79 Å². The van der Waals surface area contributed by atoms with Gasteiger partial charge in [-0.25, -0.2) is 4.68 Å². The van der Waals surface area contributed by atoms with Crippen molar-refractivity contribution >= 4 is 23.1 Å². The van der Waals surface area contributed by atoms with Gasteiger partial charge in [0.15, 0.2) is 0 Å². The van der Waals surface area contributed by atoms with Gasteiger partial charge in [-0.3, -0.25) is 9.69 Å². The van der Waals surface area contributed by atoms with Gasteiger partial charge in [-0.05, 0) is 43.0 Å². The third kappa shape index (κ3) is 4.74. The molecule has 26 heavy (non-hydrogen) atoms. The first-order valence-electron chi connectivity index (χ1n) is 9.86. The predicted molar refractivity (Wildman–Crippen MR) is 105 cm³/mol. The monoisotopic (exact) mass is 372 g/mol. The zero-order valence-corrected chi connectivity index (χ0v) is 16.1. The molecule has 0 radical (unpaired) electrons. The Bertz CT molecular complexity index is 701. The van der Waals surface area contributed by atoms with Crippen LogP contribution in [-0.2, 0) is 11.3 Å². The lowest BCUT2D eigenvalue weighted by atomic mass is 9.89. The molecule has 0 aromatic carbocycles. The number of hydrogen-bond donors (Lipinski definition) is 1. The summed E-state index contributed by atoms with van der Waals surface area (Å²) in [4.78, 5) is 16.3. The van der Waals surface area contributed by atoms with Gasteiger partial charge in [-0.2, -0.15) is 5.10 Å². The average Bonchev–Trinajstić information content (AvgIpc) is 3.21. The zero-order valence-electron chi connectivity index (χ0n) is 15.3. The predicted octanol–water partition coefficient (Wildman–Crippen LogP) is 3.98. The second-order valence-electron chi connectivity index (χ2n) is 7.67. The molecule has 0 bridgehead atoms. The lowest BCUT2D eigenvalue weighted by molar-refractivity contribution is -0.117. The van der Waals surface area contributed by atoms with Crippen molar-refractivity contribution in [2.45, 2.75) is 57.5 Å². The van der Waals surface area contributed by atoms with Crippen LogP contribution in [0.4, 0.5) is 5.82 Å². The molecule has 2 aliphatic rings. The number of nitrogens with one attached hydrogen (secondary N) is 1. The molecule has 0 unspecified atom stereocenters. The number of anilines is 1. The van der Waals surface area contributed by atoms with Gasteiger partial charge in [0.2, 0.25) is 5.91 Å². The molecule has 2 heterocycles. The number of carbonyl (C=O) groups excluding carboxylic acids is 1. The molecule has 5 nitrogen and oxygen atoms in total. The summed E-state index contributed by atoms with van der Waals surface area (Å²) in [6.07, 6.45) is 11.0. The van der Waals surface area contributed by atoms with E-state index in [1.165, 1.54) is 49.8 Å². The topological polar surface area (TPSA) is 50.2 Å². The fraction of sp³-hybridized carbons (Fsp3) is 0.600. The first-order chi connectivity index (χ1) is 12.8. The minimum Gasteiger partial charge on any atom is -0.310 e. The first-order valence-corrected chi connectivity index (χ1v) is 10.7. The minimum absolute atomic E-state index is 0.0839. The molecule has 1 N–H and O–H groups in total. The van der Waals surface area contributed by atoms with Crippen LogP contribution in [-0.4, -0.2) is 39.7 Å². The smallest absolute Gasteiger partial charge is 0.239 e. The van der Waals surface area contributed by atoms with Gasteiger partial charge in [0.05, 0.1) is 19.3 Å². The highest BCUT2D eigenvalue weighted by molar-refractivity contribution is 7.09. The Morgan fingerprint density at radius 1 is 1.23 bits per heavy atom. The zero-order chi connectivity index (χ0) is 17.8. The summed E-state index contributed by atoms with van der Waals surface area (Å²) in [6.45, 7) is 2.30. The van der Waals surface area contributed by atoms with E-state index in [4.69, 9.17) is 0 Å². The highest BCUT2D eigenvalue weighted by Gasteiger charge is 2.32. The van der Waals surface area contributed by atoms with Crippen LogP contribution in [0.2, 0.25) is 0 Å². The SMILES string of the molecule is O=C(CN(CC1CCCCC1)C1CC1)Nc1ccnn1Cc1cccs1. The Balaban J connectivity index is 1.33. The number of aromatic nitrogens is 2. The van der Waals surface area contributed by atoms with E-state index in [0.717, 1.165) is 18.3 Å². The van der Waals surface area contributed by atoms with Gasteiger partial charge in [-0.1, -0.05) is 25.3 Å². The van der Waals surface area contributed by atoms with Crippen molar-refractivity contribution in [1.82, 2.24) is 14.7 Å². The fourth-order valence-corrected chi connectivity index (χ4v) is 4.65. The van der Waals surface area contributed by atoms with Crippen molar-refractivity contribution < 1.29 is 4.79 Å². The molecular formula is C20H28N4OS. The summed E-state index contributed by atoms with van der Waals surface area (Å²) >= 11 is 1.71. The third-order valence-corrected chi connectivity index (χ3v) is 6.36. The van der Waals surface area contributed by atoms with Gasteiger partial charge < -0.3 is 5.32 Å². The maximum absolute atomic E-state index is 12.7. The van der Waals surface area contributed by atoms with E-state index < -0.39 is 0 Å². The van der Waals surface area contributed by atoms with Crippen LogP contribution in [0.25, 0.3) is 0 Å². The van der Waals surface area contributed by atoms with E-state index in [1.54, 1.807) is 17.5 Å². The summed E-state index contributed by atoms with van der Waals surface area (Å²) in [7, 11) is 0. The van der Waals surface area contributed by atoms with E-state index in [-0.39, 0.29) is 5.91 Å². The van der Waals surface area contributed by atoms with Gasteiger partial charge in [-0.15, -0.1) is 11.3 Å². The van der Waals surface area contributed by atoms with Crippen molar-refractivity contribution in [2.75, 3.05) is 18.4 Å². The molecule has 2 aromatic heterocycles. The van der Waals surface area contributed by atoms with Crippen LogP contribution >= 0.6 is 11.3 Å². The molecule has 4 rings (SSSR count). The molecule has 1 amide bonds. The molecule has 2 saturated carbocycles. The summed E-state index contributed by atoms with van der Waals surface area (Å²) in [5.41, 5.74) is 0. The van der Waals surface area contributed by atoms with Crippen molar-refractivity contribution in [3.05, 3.63) is 34.7 Å². The minimum atomic E-state index is 0.0839. The normalized spacial score (nSPS) is 18.3. The van der Waals surface area contributed by atoms with Crippen molar-refractivity contribution in [3.8, 4) is 0 Å². The average molecular weight is 373 g/mol. The Morgan fingerprint density at radius 3 is 2.81 bits per heavy atom. The Labute approximate surface area is 159 Å². The van der Waals surface area contributed by atoms with Crippen molar-refractivity contribution in [3.63, 3.8) is 0 Å². The largest absolute Gasteiger partial charge is 0.310 e. The highest BCUT2D eigenvalue weighted by atomic mass is 32.1. The second-order valence-corrected chi connectivity index (χ2v) is 8.70. The lowest BCUT2D eigenvalue weighted by Gasteiger charge is -2.29. The molecule has 0 spiro atoms. The maximum Gasteiger partial charge on any atom is 0.239 e. The Morgan fingerprint density at radius 2 is 2.08 bits per heavy atom. The number of amides is 1. The van der Waals surface area contributed by atoms with Gasteiger partial charge in [0.1, 0.15) is 5.82 Å². The van der Waals surface area contributed by atoms with E-state index >= 15 is 0 Å². The molecule has 2 fully saturated rings. The van der Waals surface area contributed by atoms with Crippen LogP contribution in [0.5, 0.6) is 0 Å². The summed E-state index contributed by atoms with van der Waals surface area (Å²) in [6, 6.07) is 6.64. The van der Waals surface area contributed by atoms with Gasteiger partial charge in [0, 0.05) is 23.5 Å². The number of hydrogen-bond acceptors (Lipinski definition) is 4. The van der Waals surface area contributed by atoms with Crippen LogP contribution in [0.1, 0.15) is 49.8 Å². The number of rotatable bonds is 8. The summed E-state index contributed by atoms with van der Waals surface area (Å²) < 4.78 is 1.87. The molecule has 6 heteroatoms.